The van der Waals surface area contributed by atoms with Crippen molar-refractivity contribution in [2.24, 2.45) is 0 Å². The second-order valence-electron chi connectivity index (χ2n) is 6.04. The number of nitrogens with zero attached hydrogens (tertiary/aromatic N) is 2. The fourth-order valence-electron chi connectivity index (χ4n) is 3.21. The van der Waals surface area contributed by atoms with Gasteiger partial charge in [0, 0.05) is 12.4 Å². The van der Waals surface area contributed by atoms with Crippen LogP contribution in [0.15, 0.2) is 30.6 Å². The zero-order valence-corrected chi connectivity index (χ0v) is 12.6. The molecule has 3 rings (SSSR count). The van der Waals surface area contributed by atoms with Crippen molar-refractivity contribution >= 4 is 16.9 Å². The van der Waals surface area contributed by atoms with Gasteiger partial charge < -0.3 is 10.4 Å². The largest absolute Gasteiger partial charge is 0.394 e. The van der Waals surface area contributed by atoms with Gasteiger partial charge in [-0.05, 0) is 25.0 Å². The van der Waals surface area contributed by atoms with Crippen molar-refractivity contribution in [2.45, 2.75) is 44.1 Å². The molecule has 1 heterocycles. The van der Waals surface area contributed by atoms with E-state index < -0.39 is 5.54 Å². The summed E-state index contributed by atoms with van der Waals surface area (Å²) in [4.78, 5) is 21.2. The summed E-state index contributed by atoms with van der Waals surface area (Å²) in [6.07, 6.45) is 9.26. The van der Waals surface area contributed by atoms with Crippen LogP contribution in [0.3, 0.4) is 0 Å². The molecule has 2 N–H and O–H groups in total. The lowest BCUT2D eigenvalue weighted by molar-refractivity contribution is 0.0807. The predicted molar refractivity (Wildman–Crippen MR) is 84.5 cm³/mol. The number of carbonyl (C=O) groups is 1. The van der Waals surface area contributed by atoms with Crippen LogP contribution in [-0.2, 0) is 0 Å². The highest BCUT2D eigenvalue weighted by atomic mass is 16.3. The second kappa shape index (κ2) is 6.40. The lowest BCUT2D eigenvalue weighted by atomic mass is 9.90. The normalized spacial score (nSPS) is 17.9. The number of aliphatic hydroxyl groups is 1. The van der Waals surface area contributed by atoms with Crippen LogP contribution >= 0.6 is 0 Å². The van der Waals surface area contributed by atoms with Gasteiger partial charge in [-0.3, -0.25) is 14.8 Å². The minimum Gasteiger partial charge on any atom is -0.394 e. The third kappa shape index (κ3) is 2.95. The molecule has 0 saturated heterocycles. The first-order chi connectivity index (χ1) is 10.7. The minimum absolute atomic E-state index is 0.0187. The maximum absolute atomic E-state index is 12.7. The molecule has 1 aromatic heterocycles. The van der Waals surface area contributed by atoms with E-state index in [0.717, 1.165) is 38.5 Å². The molecule has 0 atom stereocenters. The summed E-state index contributed by atoms with van der Waals surface area (Å²) in [5.41, 5.74) is 1.32. The zero-order valence-electron chi connectivity index (χ0n) is 12.6. The summed E-state index contributed by atoms with van der Waals surface area (Å²) >= 11 is 0. The van der Waals surface area contributed by atoms with Gasteiger partial charge in [0.25, 0.3) is 5.91 Å². The van der Waals surface area contributed by atoms with E-state index in [1.54, 1.807) is 18.5 Å². The van der Waals surface area contributed by atoms with E-state index in [9.17, 15) is 9.90 Å². The molecule has 1 aliphatic carbocycles. The summed E-state index contributed by atoms with van der Waals surface area (Å²) in [6, 6.07) is 5.41. The van der Waals surface area contributed by atoms with Crippen molar-refractivity contribution in [3.63, 3.8) is 0 Å². The van der Waals surface area contributed by atoms with Crippen molar-refractivity contribution in [3.05, 3.63) is 36.2 Å². The number of para-hydroxylation sites is 1. The minimum atomic E-state index is -0.502. The van der Waals surface area contributed by atoms with Gasteiger partial charge >= 0.3 is 0 Å². The molecule has 0 unspecified atom stereocenters. The number of nitrogens with one attached hydrogen (secondary N) is 1. The highest BCUT2D eigenvalue weighted by molar-refractivity contribution is 6.04. The number of carbonyl (C=O) groups excluding carboxylic acids is 1. The average Bonchev–Trinajstić information content (AvgIpc) is 2.80. The van der Waals surface area contributed by atoms with Gasteiger partial charge in [-0.25, -0.2) is 0 Å². The van der Waals surface area contributed by atoms with E-state index >= 15 is 0 Å². The standard InChI is InChI=1S/C17H21N3O2/c21-12-17(8-3-1-2-4-9-17)20-16(22)13-6-5-7-14-15(13)19-11-10-18-14/h5-7,10-11,21H,1-4,8-9,12H2,(H,20,22). The number of rotatable bonds is 3. The Bertz CT molecular complexity index is 659. The molecule has 2 aromatic rings. The number of aromatic nitrogens is 2. The van der Waals surface area contributed by atoms with Crippen LogP contribution in [0.25, 0.3) is 11.0 Å². The molecule has 0 bridgehead atoms. The number of aliphatic hydroxyl groups excluding tert-OH is 1. The molecule has 0 aliphatic heterocycles. The third-order valence-electron chi connectivity index (χ3n) is 4.49. The Labute approximate surface area is 129 Å². The average molecular weight is 299 g/mol. The second-order valence-corrected chi connectivity index (χ2v) is 6.04. The van der Waals surface area contributed by atoms with Crippen LogP contribution in [0.4, 0.5) is 0 Å². The van der Waals surface area contributed by atoms with Crippen molar-refractivity contribution in [1.82, 2.24) is 15.3 Å². The van der Waals surface area contributed by atoms with Gasteiger partial charge in [-0.15, -0.1) is 0 Å². The van der Waals surface area contributed by atoms with Crippen LogP contribution in [0.5, 0.6) is 0 Å². The van der Waals surface area contributed by atoms with Gasteiger partial charge in [0.05, 0.1) is 23.2 Å². The lowest BCUT2D eigenvalue weighted by Crippen LogP contribution is -2.51. The van der Waals surface area contributed by atoms with E-state index in [0.29, 0.717) is 16.6 Å². The number of hydrogen-bond donors (Lipinski definition) is 2. The van der Waals surface area contributed by atoms with Gasteiger partial charge in [0.15, 0.2) is 0 Å². The maximum atomic E-state index is 12.7. The Morgan fingerprint density at radius 3 is 2.59 bits per heavy atom. The lowest BCUT2D eigenvalue weighted by Gasteiger charge is -2.32. The number of hydrogen-bond acceptors (Lipinski definition) is 4. The molecule has 5 heteroatoms. The number of fused-ring (bicyclic) bond motifs is 1. The van der Waals surface area contributed by atoms with Crippen LogP contribution in [0.1, 0.15) is 48.9 Å². The summed E-state index contributed by atoms with van der Waals surface area (Å²) in [5, 5.41) is 12.9. The summed E-state index contributed by atoms with van der Waals surface area (Å²) in [5.74, 6) is -0.179. The zero-order chi connectivity index (χ0) is 15.4. The van der Waals surface area contributed by atoms with E-state index in [4.69, 9.17) is 0 Å². The molecule has 1 aromatic carbocycles. The highest BCUT2D eigenvalue weighted by Gasteiger charge is 2.32. The maximum Gasteiger partial charge on any atom is 0.254 e. The van der Waals surface area contributed by atoms with Crippen LogP contribution < -0.4 is 5.32 Å². The van der Waals surface area contributed by atoms with Crippen LogP contribution in [0, 0.1) is 0 Å². The summed E-state index contributed by atoms with van der Waals surface area (Å²) in [7, 11) is 0. The van der Waals surface area contributed by atoms with Crippen molar-refractivity contribution in [1.29, 1.82) is 0 Å². The Kier molecular flexibility index (Phi) is 4.34. The molecule has 1 amide bonds. The molecule has 0 spiro atoms. The van der Waals surface area contributed by atoms with E-state index in [-0.39, 0.29) is 12.5 Å². The Balaban J connectivity index is 1.89. The molecule has 1 aliphatic rings. The Hall–Kier alpha value is -2.01. The van der Waals surface area contributed by atoms with E-state index in [1.807, 2.05) is 12.1 Å². The first-order valence-corrected chi connectivity index (χ1v) is 7.87. The third-order valence-corrected chi connectivity index (χ3v) is 4.49. The van der Waals surface area contributed by atoms with Crippen LogP contribution in [0.2, 0.25) is 0 Å². The summed E-state index contributed by atoms with van der Waals surface area (Å²) in [6.45, 7) is -0.0187. The quantitative estimate of drug-likeness (QED) is 0.854. The molecule has 1 saturated carbocycles. The molecule has 116 valence electrons. The first kappa shape index (κ1) is 14.9. The molecule has 1 fully saturated rings. The summed E-state index contributed by atoms with van der Waals surface area (Å²) < 4.78 is 0. The smallest absolute Gasteiger partial charge is 0.254 e. The number of benzene rings is 1. The molecular weight excluding hydrogens is 278 g/mol. The van der Waals surface area contributed by atoms with Gasteiger partial charge in [0.2, 0.25) is 0 Å². The Morgan fingerprint density at radius 1 is 1.14 bits per heavy atom. The fraction of sp³-hybridized carbons (Fsp3) is 0.471. The van der Waals surface area contributed by atoms with Gasteiger partial charge in [-0.2, -0.15) is 0 Å². The topological polar surface area (TPSA) is 75.1 Å². The van der Waals surface area contributed by atoms with E-state index in [2.05, 4.69) is 15.3 Å². The molecule has 5 nitrogen and oxygen atoms in total. The first-order valence-electron chi connectivity index (χ1n) is 7.87. The molecular formula is C17H21N3O2. The molecule has 22 heavy (non-hydrogen) atoms. The highest BCUT2D eigenvalue weighted by Crippen LogP contribution is 2.27. The van der Waals surface area contributed by atoms with Crippen molar-refractivity contribution in [3.8, 4) is 0 Å². The molecule has 0 radical (unpaired) electrons. The van der Waals surface area contributed by atoms with E-state index in [1.165, 1.54) is 0 Å². The number of amides is 1. The predicted octanol–water partition coefficient (Wildman–Crippen LogP) is 2.44. The monoisotopic (exact) mass is 299 g/mol. The SMILES string of the molecule is O=C(NC1(CO)CCCCCC1)c1cccc2nccnc12. The fourth-order valence-corrected chi connectivity index (χ4v) is 3.21. The van der Waals surface area contributed by atoms with Gasteiger partial charge in [0.1, 0.15) is 5.52 Å². The van der Waals surface area contributed by atoms with Gasteiger partial charge in [-0.1, -0.05) is 31.7 Å². The van der Waals surface area contributed by atoms with Crippen LogP contribution in [-0.4, -0.2) is 33.1 Å². The van der Waals surface area contributed by atoms with Crippen molar-refractivity contribution < 1.29 is 9.90 Å². The van der Waals surface area contributed by atoms with Crippen molar-refractivity contribution in [2.75, 3.05) is 6.61 Å². The Morgan fingerprint density at radius 2 is 1.86 bits per heavy atom.